The Morgan fingerprint density at radius 2 is 1.52 bits per heavy atom. The minimum atomic E-state index is -2.02. The Labute approximate surface area is 126 Å². The van der Waals surface area contributed by atoms with Gasteiger partial charge in [0.05, 0.1) is 12.2 Å². The molecule has 1 atom stereocenters. The number of carbonyl (C=O) groups is 1. The third kappa shape index (κ3) is 11.4. The van der Waals surface area contributed by atoms with Gasteiger partial charge in [-0.1, -0.05) is 51.9 Å². The van der Waals surface area contributed by atoms with Gasteiger partial charge in [0, 0.05) is 0 Å². The molecule has 0 fully saturated rings. The molecule has 0 heterocycles. The summed E-state index contributed by atoms with van der Waals surface area (Å²) in [5.41, 5.74) is -0.669. The van der Waals surface area contributed by atoms with Crippen LogP contribution in [0.3, 0.4) is 0 Å². The first-order chi connectivity index (χ1) is 9.99. The molecule has 0 aromatic carbocycles. The van der Waals surface area contributed by atoms with Crippen molar-refractivity contribution in [2.75, 3.05) is 6.61 Å². The smallest absolute Gasteiger partial charge is 0.341 e. The van der Waals surface area contributed by atoms with Crippen LogP contribution >= 0.6 is 0 Å². The van der Waals surface area contributed by atoms with E-state index in [-0.39, 0.29) is 0 Å². The predicted octanol–water partition coefficient (Wildman–Crippen LogP) is 5.20. The summed E-state index contributed by atoms with van der Waals surface area (Å²) in [5, 5.41) is 0. The standard InChI is InChI=1S/C16H28F2O3/c1-4-5-6-7-8-9-10-11-12-20-14(3)21-16(19)13(2)15(17)18/h14H,4-12H2,1-3H3. The molecule has 0 aliphatic heterocycles. The lowest BCUT2D eigenvalue weighted by Gasteiger charge is -2.14. The van der Waals surface area contributed by atoms with Crippen LogP contribution in [0.4, 0.5) is 8.78 Å². The summed E-state index contributed by atoms with van der Waals surface area (Å²) in [7, 11) is 0. The van der Waals surface area contributed by atoms with E-state index in [1.165, 1.54) is 45.4 Å². The highest BCUT2D eigenvalue weighted by molar-refractivity contribution is 5.87. The third-order valence-corrected chi connectivity index (χ3v) is 3.21. The second-order valence-electron chi connectivity index (χ2n) is 5.20. The Kier molecular flexibility index (Phi) is 12.2. The zero-order valence-corrected chi connectivity index (χ0v) is 13.4. The summed E-state index contributed by atoms with van der Waals surface area (Å²) in [6, 6.07) is 0. The van der Waals surface area contributed by atoms with Gasteiger partial charge in [0.15, 0.2) is 6.29 Å². The van der Waals surface area contributed by atoms with E-state index in [1.54, 1.807) is 0 Å². The fraction of sp³-hybridized carbons (Fsp3) is 0.812. The van der Waals surface area contributed by atoms with Crippen molar-refractivity contribution >= 4 is 5.97 Å². The second-order valence-corrected chi connectivity index (χ2v) is 5.20. The normalized spacial score (nSPS) is 12.0. The number of ether oxygens (including phenoxy) is 2. The molecule has 0 aliphatic rings. The van der Waals surface area contributed by atoms with Crippen molar-refractivity contribution in [2.24, 2.45) is 0 Å². The van der Waals surface area contributed by atoms with Crippen LogP contribution in [0.1, 0.15) is 72.1 Å². The number of esters is 1. The molecule has 0 aromatic rings. The SMILES string of the molecule is CCCCCCCCCCOC(C)OC(=O)C(C)=C(F)F. The molecule has 0 N–H and O–H groups in total. The van der Waals surface area contributed by atoms with Crippen LogP contribution in [-0.4, -0.2) is 18.9 Å². The molecule has 0 saturated heterocycles. The van der Waals surface area contributed by atoms with E-state index in [4.69, 9.17) is 9.47 Å². The second kappa shape index (κ2) is 12.7. The first-order valence-corrected chi connectivity index (χ1v) is 7.83. The summed E-state index contributed by atoms with van der Waals surface area (Å²) < 4.78 is 34.4. The van der Waals surface area contributed by atoms with Crippen molar-refractivity contribution in [2.45, 2.75) is 78.4 Å². The summed E-state index contributed by atoms with van der Waals surface area (Å²) in [6.45, 7) is 5.24. The third-order valence-electron chi connectivity index (χ3n) is 3.21. The van der Waals surface area contributed by atoms with E-state index in [0.29, 0.717) is 6.61 Å². The van der Waals surface area contributed by atoms with Crippen molar-refractivity contribution < 1.29 is 23.0 Å². The summed E-state index contributed by atoms with van der Waals surface area (Å²) in [4.78, 5) is 11.2. The van der Waals surface area contributed by atoms with Gasteiger partial charge >= 0.3 is 5.97 Å². The van der Waals surface area contributed by atoms with Crippen molar-refractivity contribution in [1.29, 1.82) is 0 Å². The molecule has 0 aliphatic carbocycles. The van der Waals surface area contributed by atoms with E-state index < -0.39 is 23.9 Å². The lowest BCUT2D eigenvalue weighted by Crippen LogP contribution is -2.19. The van der Waals surface area contributed by atoms with Gasteiger partial charge in [-0.05, 0) is 20.3 Å². The van der Waals surface area contributed by atoms with Crippen LogP contribution in [-0.2, 0) is 14.3 Å². The predicted molar refractivity (Wildman–Crippen MR) is 79.0 cm³/mol. The fourth-order valence-corrected chi connectivity index (χ4v) is 1.84. The largest absolute Gasteiger partial charge is 0.433 e. The van der Waals surface area contributed by atoms with Crippen molar-refractivity contribution in [3.05, 3.63) is 11.7 Å². The lowest BCUT2D eigenvalue weighted by atomic mass is 10.1. The van der Waals surface area contributed by atoms with Gasteiger partial charge in [0.25, 0.3) is 6.08 Å². The maximum Gasteiger partial charge on any atom is 0.341 e. The molecule has 0 aromatic heterocycles. The zero-order valence-electron chi connectivity index (χ0n) is 13.4. The molecule has 0 radical (unpaired) electrons. The molecule has 21 heavy (non-hydrogen) atoms. The average molecular weight is 306 g/mol. The first-order valence-electron chi connectivity index (χ1n) is 7.83. The molecule has 0 spiro atoms. The van der Waals surface area contributed by atoms with Gasteiger partial charge < -0.3 is 9.47 Å². The van der Waals surface area contributed by atoms with Crippen molar-refractivity contribution in [3.63, 3.8) is 0 Å². The maximum atomic E-state index is 12.2. The van der Waals surface area contributed by atoms with Gasteiger partial charge in [-0.15, -0.1) is 0 Å². The van der Waals surface area contributed by atoms with E-state index >= 15 is 0 Å². The molecule has 124 valence electrons. The molecule has 0 saturated carbocycles. The average Bonchev–Trinajstić information content (AvgIpc) is 2.44. The highest BCUT2D eigenvalue weighted by Crippen LogP contribution is 2.11. The molecule has 5 heteroatoms. The Balaban J connectivity index is 3.52. The molecule has 0 amide bonds. The minimum Gasteiger partial charge on any atom is -0.433 e. The molecule has 0 rings (SSSR count). The van der Waals surface area contributed by atoms with Crippen LogP contribution < -0.4 is 0 Å². The van der Waals surface area contributed by atoms with Gasteiger partial charge in [0.1, 0.15) is 0 Å². The number of halogens is 2. The number of rotatable bonds is 12. The summed E-state index contributed by atoms with van der Waals surface area (Å²) >= 11 is 0. The highest BCUT2D eigenvalue weighted by Gasteiger charge is 2.15. The Morgan fingerprint density at radius 3 is 2.05 bits per heavy atom. The number of carbonyl (C=O) groups excluding carboxylic acids is 1. The number of hydrogen-bond acceptors (Lipinski definition) is 3. The van der Waals surface area contributed by atoms with E-state index in [0.717, 1.165) is 19.8 Å². The van der Waals surface area contributed by atoms with Crippen LogP contribution in [0.15, 0.2) is 11.7 Å². The summed E-state index contributed by atoms with van der Waals surface area (Å²) in [5.74, 6) is -1.03. The fourth-order valence-electron chi connectivity index (χ4n) is 1.84. The van der Waals surface area contributed by atoms with Crippen LogP contribution in [0.2, 0.25) is 0 Å². The first kappa shape index (κ1) is 20.0. The topological polar surface area (TPSA) is 35.5 Å². The van der Waals surface area contributed by atoms with Gasteiger partial charge in [-0.2, -0.15) is 8.78 Å². The van der Waals surface area contributed by atoms with E-state index in [1.807, 2.05) is 0 Å². The Bertz CT molecular complexity index is 313. The van der Waals surface area contributed by atoms with Crippen LogP contribution in [0.25, 0.3) is 0 Å². The van der Waals surface area contributed by atoms with Gasteiger partial charge in [-0.25, -0.2) is 4.79 Å². The highest BCUT2D eigenvalue weighted by atomic mass is 19.3. The molecular formula is C16H28F2O3. The number of hydrogen-bond donors (Lipinski definition) is 0. The van der Waals surface area contributed by atoms with Crippen LogP contribution in [0.5, 0.6) is 0 Å². The maximum absolute atomic E-state index is 12.2. The van der Waals surface area contributed by atoms with Crippen molar-refractivity contribution in [3.8, 4) is 0 Å². The zero-order chi connectivity index (χ0) is 16.1. The lowest BCUT2D eigenvalue weighted by molar-refractivity contribution is -0.170. The Hall–Kier alpha value is -0.970. The van der Waals surface area contributed by atoms with E-state index in [9.17, 15) is 13.6 Å². The van der Waals surface area contributed by atoms with Gasteiger partial charge in [0.2, 0.25) is 0 Å². The monoisotopic (exact) mass is 306 g/mol. The van der Waals surface area contributed by atoms with E-state index in [2.05, 4.69) is 6.92 Å². The van der Waals surface area contributed by atoms with Crippen molar-refractivity contribution in [1.82, 2.24) is 0 Å². The molecule has 1 unspecified atom stereocenters. The quantitative estimate of drug-likeness (QED) is 0.215. The molecule has 3 nitrogen and oxygen atoms in total. The number of unbranched alkanes of at least 4 members (excludes halogenated alkanes) is 7. The summed E-state index contributed by atoms with van der Waals surface area (Å²) in [6.07, 6.45) is 6.71. The minimum absolute atomic E-state index is 0.476. The molecule has 0 bridgehead atoms. The molecular weight excluding hydrogens is 278 g/mol. The van der Waals surface area contributed by atoms with Crippen LogP contribution in [0, 0.1) is 0 Å². The Morgan fingerprint density at radius 1 is 1.00 bits per heavy atom. The van der Waals surface area contributed by atoms with Gasteiger partial charge in [-0.3, -0.25) is 0 Å².